The molecule has 1 aromatic rings. The molecule has 0 amide bonds. The molecule has 1 N–H and O–H groups in total. The van der Waals surface area contributed by atoms with Crippen LogP contribution in [-0.4, -0.2) is 28.7 Å². The standard InChI is InChI=1S/C16H14O5/c1-8(17)21-12-7-3-5-10-14(12)16(20)13-9(15(10)19)4-2-6-11(13)18/h2-4,6-7,10,12,14,18H,5H2,1H3/t10?,12-,14?/m1/s1. The summed E-state index contributed by atoms with van der Waals surface area (Å²) in [5.74, 6) is -2.54. The Morgan fingerprint density at radius 2 is 2.05 bits per heavy atom. The van der Waals surface area contributed by atoms with Crippen molar-refractivity contribution >= 4 is 17.5 Å². The lowest BCUT2D eigenvalue weighted by molar-refractivity contribution is -0.146. The van der Waals surface area contributed by atoms with Crippen molar-refractivity contribution < 1.29 is 24.2 Å². The first kappa shape index (κ1) is 13.5. The van der Waals surface area contributed by atoms with Crippen molar-refractivity contribution in [3.63, 3.8) is 0 Å². The Labute approximate surface area is 121 Å². The summed E-state index contributed by atoms with van der Waals surface area (Å²) in [5, 5.41) is 9.90. The molecule has 3 rings (SSSR count). The first-order valence-electron chi connectivity index (χ1n) is 6.75. The summed E-state index contributed by atoms with van der Waals surface area (Å²) in [7, 11) is 0. The molecule has 5 nitrogen and oxygen atoms in total. The summed E-state index contributed by atoms with van der Waals surface area (Å²) in [6, 6.07) is 4.47. The third-order valence-electron chi connectivity index (χ3n) is 4.00. The maximum atomic E-state index is 12.7. The highest BCUT2D eigenvalue weighted by molar-refractivity contribution is 6.17. The molecule has 0 bridgehead atoms. The molecule has 0 aromatic heterocycles. The van der Waals surface area contributed by atoms with Crippen LogP contribution in [0.5, 0.6) is 5.75 Å². The zero-order chi connectivity index (χ0) is 15.1. The van der Waals surface area contributed by atoms with Crippen LogP contribution in [0.2, 0.25) is 0 Å². The van der Waals surface area contributed by atoms with E-state index in [9.17, 15) is 19.5 Å². The van der Waals surface area contributed by atoms with Crippen LogP contribution in [0.1, 0.15) is 34.1 Å². The number of rotatable bonds is 1. The number of ketones is 2. The third-order valence-corrected chi connectivity index (χ3v) is 4.00. The fraction of sp³-hybridized carbons (Fsp3) is 0.312. The molecule has 0 fully saturated rings. The van der Waals surface area contributed by atoms with Gasteiger partial charge in [0.15, 0.2) is 11.6 Å². The maximum Gasteiger partial charge on any atom is 0.303 e. The quantitative estimate of drug-likeness (QED) is 0.630. The number of benzene rings is 1. The second-order valence-electron chi connectivity index (χ2n) is 5.30. The summed E-state index contributed by atoms with van der Waals surface area (Å²) in [4.78, 5) is 36.4. The average molecular weight is 286 g/mol. The highest BCUT2D eigenvalue weighted by Gasteiger charge is 2.47. The van der Waals surface area contributed by atoms with Crippen LogP contribution < -0.4 is 0 Å². The number of aromatic hydroxyl groups is 1. The molecule has 0 saturated carbocycles. The molecule has 0 saturated heterocycles. The van der Waals surface area contributed by atoms with E-state index in [1.165, 1.54) is 13.0 Å². The highest BCUT2D eigenvalue weighted by atomic mass is 16.5. The lowest BCUT2D eigenvalue weighted by atomic mass is 9.68. The Hall–Kier alpha value is -2.43. The zero-order valence-corrected chi connectivity index (χ0v) is 11.4. The van der Waals surface area contributed by atoms with Crippen molar-refractivity contribution in [3.8, 4) is 5.75 Å². The van der Waals surface area contributed by atoms with Gasteiger partial charge in [0.25, 0.3) is 0 Å². The molecule has 5 heteroatoms. The lowest BCUT2D eigenvalue weighted by Gasteiger charge is -2.36. The van der Waals surface area contributed by atoms with Crippen LogP contribution in [0.25, 0.3) is 0 Å². The lowest BCUT2D eigenvalue weighted by Crippen LogP contribution is -2.45. The van der Waals surface area contributed by atoms with Crippen molar-refractivity contribution in [2.75, 3.05) is 0 Å². The third kappa shape index (κ3) is 2.05. The minimum Gasteiger partial charge on any atom is -0.507 e. The second kappa shape index (κ2) is 4.84. The van der Waals surface area contributed by atoms with E-state index in [2.05, 4.69) is 0 Å². The molecule has 1 aromatic carbocycles. The van der Waals surface area contributed by atoms with E-state index in [1.807, 2.05) is 0 Å². The van der Waals surface area contributed by atoms with E-state index in [1.54, 1.807) is 24.3 Å². The van der Waals surface area contributed by atoms with E-state index in [0.717, 1.165) is 0 Å². The number of hydrogen-bond donors (Lipinski definition) is 1. The van der Waals surface area contributed by atoms with Gasteiger partial charge in [-0.1, -0.05) is 18.2 Å². The number of phenolic OH excluding ortho intramolecular Hbond substituents is 1. The molecule has 0 radical (unpaired) electrons. The van der Waals surface area contributed by atoms with Gasteiger partial charge in [0, 0.05) is 18.4 Å². The Morgan fingerprint density at radius 1 is 1.29 bits per heavy atom. The van der Waals surface area contributed by atoms with Crippen molar-refractivity contribution in [2.24, 2.45) is 11.8 Å². The van der Waals surface area contributed by atoms with Crippen LogP contribution >= 0.6 is 0 Å². The Kier molecular flexibility index (Phi) is 3.12. The molecule has 2 unspecified atom stereocenters. The minimum absolute atomic E-state index is 0.0382. The Balaban J connectivity index is 2.10. The van der Waals surface area contributed by atoms with Gasteiger partial charge in [0.1, 0.15) is 11.9 Å². The van der Waals surface area contributed by atoms with Crippen LogP contribution in [-0.2, 0) is 9.53 Å². The monoisotopic (exact) mass is 286 g/mol. The first-order valence-corrected chi connectivity index (χ1v) is 6.75. The number of ether oxygens (including phenoxy) is 1. The van der Waals surface area contributed by atoms with Gasteiger partial charge < -0.3 is 9.84 Å². The average Bonchev–Trinajstić information content (AvgIpc) is 2.43. The highest BCUT2D eigenvalue weighted by Crippen LogP contribution is 2.41. The van der Waals surface area contributed by atoms with Crippen LogP contribution in [0.3, 0.4) is 0 Å². The van der Waals surface area contributed by atoms with Crippen LogP contribution in [0.4, 0.5) is 0 Å². The summed E-state index contributed by atoms with van der Waals surface area (Å²) in [6.07, 6.45) is 3.07. The van der Waals surface area contributed by atoms with Gasteiger partial charge in [-0.2, -0.15) is 0 Å². The number of esters is 1. The summed E-state index contributed by atoms with van der Waals surface area (Å²) < 4.78 is 5.15. The van der Waals surface area contributed by atoms with Gasteiger partial charge in [-0.15, -0.1) is 0 Å². The number of carbonyl (C=O) groups excluding carboxylic acids is 3. The molecule has 2 aliphatic carbocycles. The first-order chi connectivity index (χ1) is 10.0. The number of fused-ring (bicyclic) bond motifs is 2. The van der Waals surface area contributed by atoms with Gasteiger partial charge in [-0.3, -0.25) is 14.4 Å². The van der Waals surface area contributed by atoms with E-state index in [4.69, 9.17) is 4.74 Å². The molecule has 0 spiro atoms. The predicted molar refractivity (Wildman–Crippen MR) is 73.1 cm³/mol. The minimum atomic E-state index is -0.759. The van der Waals surface area contributed by atoms with Crippen molar-refractivity contribution in [1.82, 2.24) is 0 Å². The fourth-order valence-corrected chi connectivity index (χ4v) is 3.13. The second-order valence-corrected chi connectivity index (χ2v) is 5.30. The van der Waals surface area contributed by atoms with E-state index in [-0.39, 0.29) is 28.4 Å². The molecule has 2 aliphatic rings. The normalized spacial score (nSPS) is 27.0. The predicted octanol–water partition coefficient (Wildman–Crippen LogP) is 1.90. The molecular weight excluding hydrogens is 272 g/mol. The topological polar surface area (TPSA) is 80.7 Å². The van der Waals surface area contributed by atoms with Gasteiger partial charge in [0.05, 0.1) is 11.5 Å². The maximum absolute atomic E-state index is 12.7. The fourth-order valence-electron chi connectivity index (χ4n) is 3.13. The van der Waals surface area contributed by atoms with E-state index < -0.39 is 23.9 Å². The zero-order valence-electron chi connectivity index (χ0n) is 11.4. The van der Waals surface area contributed by atoms with Gasteiger partial charge in [0.2, 0.25) is 0 Å². The van der Waals surface area contributed by atoms with Crippen LogP contribution in [0, 0.1) is 11.8 Å². The number of carbonyl (C=O) groups is 3. The number of allylic oxidation sites excluding steroid dienone is 1. The van der Waals surface area contributed by atoms with Crippen molar-refractivity contribution in [3.05, 3.63) is 41.5 Å². The van der Waals surface area contributed by atoms with Gasteiger partial charge in [-0.05, 0) is 18.6 Å². The molecule has 3 atom stereocenters. The van der Waals surface area contributed by atoms with E-state index >= 15 is 0 Å². The van der Waals surface area contributed by atoms with E-state index in [0.29, 0.717) is 6.42 Å². The summed E-state index contributed by atoms with van der Waals surface area (Å²) in [5.41, 5.74) is 0.286. The molecule has 0 aliphatic heterocycles. The molecular formula is C16H14O5. The molecule has 0 heterocycles. The van der Waals surface area contributed by atoms with Gasteiger partial charge >= 0.3 is 5.97 Å². The SMILES string of the molecule is CC(=O)O[C@@H]1C=CCC2C(=O)c3cccc(O)c3C(=O)C21. The number of phenols is 1. The summed E-state index contributed by atoms with van der Waals surface area (Å²) in [6.45, 7) is 1.26. The largest absolute Gasteiger partial charge is 0.507 e. The van der Waals surface area contributed by atoms with Crippen molar-refractivity contribution in [2.45, 2.75) is 19.4 Å². The van der Waals surface area contributed by atoms with Gasteiger partial charge in [-0.25, -0.2) is 0 Å². The Bertz CT molecular complexity index is 673. The number of hydrogen-bond acceptors (Lipinski definition) is 5. The molecule has 108 valence electrons. The van der Waals surface area contributed by atoms with Crippen molar-refractivity contribution in [1.29, 1.82) is 0 Å². The smallest absolute Gasteiger partial charge is 0.303 e. The summed E-state index contributed by atoms with van der Waals surface area (Å²) >= 11 is 0. The number of Topliss-reactive ketones (excluding diaryl/α,β-unsaturated/α-hetero) is 2. The van der Waals surface area contributed by atoms with Crippen LogP contribution in [0.15, 0.2) is 30.4 Å². The molecule has 21 heavy (non-hydrogen) atoms. The Morgan fingerprint density at radius 3 is 2.76 bits per heavy atom.